The predicted octanol–water partition coefficient (Wildman–Crippen LogP) is -0.935. The quantitative estimate of drug-likeness (QED) is 0.500. The fourth-order valence-electron chi connectivity index (χ4n) is 0.399. The Morgan fingerprint density at radius 1 is 1.75 bits per heavy atom. The molecule has 0 unspecified atom stereocenters. The van der Waals surface area contributed by atoms with Gasteiger partial charge in [-0.1, -0.05) is 0 Å². The number of hydrogen-bond donors (Lipinski definition) is 2. The SMILES string of the molecule is CN[C@H]([C]=O)[C@@H](C)O. The van der Waals surface area contributed by atoms with Gasteiger partial charge < -0.3 is 10.4 Å². The van der Waals surface area contributed by atoms with Crippen LogP contribution in [-0.2, 0) is 4.79 Å². The first-order chi connectivity index (χ1) is 3.72. The molecule has 2 N–H and O–H groups in total. The highest BCUT2D eigenvalue weighted by atomic mass is 16.3. The van der Waals surface area contributed by atoms with Crippen molar-refractivity contribution >= 4 is 6.29 Å². The first-order valence-electron chi connectivity index (χ1n) is 2.45. The average Bonchev–Trinajstić information content (AvgIpc) is 1.69. The maximum atomic E-state index is 9.83. The van der Waals surface area contributed by atoms with E-state index < -0.39 is 12.1 Å². The Bertz CT molecular complexity index is 72.8. The maximum absolute atomic E-state index is 9.83. The molecule has 0 aliphatic rings. The van der Waals surface area contributed by atoms with E-state index in [1.165, 1.54) is 6.92 Å². The summed E-state index contributed by atoms with van der Waals surface area (Å²) in [7, 11) is 1.60. The van der Waals surface area contributed by atoms with Crippen LogP contribution in [0.1, 0.15) is 6.92 Å². The topological polar surface area (TPSA) is 49.3 Å². The lowest BCUT2D eigenvalue weighted by atomic mass is 10.2. The van der Waals surface area contributed by atoms with E-state index in [1.54, 1.807) is 13.3 Å². The zero-order chi connectivity index (χ0) is 6.57. The van der Waals surface area contributed by atoms with Crippen LogP contribution < -0.4 is 5.32 Å². The summed E-state index contributed by atoms with van der Waals surface area (Å²) in [6.45, 7) is 1.53. The lowest BCUT2D eigenvalue weighted by Crippen LogP contribution is -2.36. The molecule has 47 valence electrons. The lowest BCUT2D eigenvalue weighted by molar-refractivity contribution is 0.173. The van der Waals surface area contributed by atoms with Gasteiger partial charge in [0.05, 0.1) is 12.1 Å². The minimum absolute atomic E-state index is 0.546. The summed E-state index contributed by atoms with van der Waals surface area (Å²) in [6.07, 6.45) is 0.985. The average molecular weight is 116 g/mol. The van der Waals surface area contributed by atoms with E-state index in [0.717, 1.165) is 0 Å². The fraction of sp³-hybridized carbons (Fsp3) is 0.800. The van der Waals surface area contributed by atoms with Crippen LogP contribution in [0.5, 0.6) is 0 Å². The Balaban J connectivity index is 3.51. The molecule has 8 heavy (non-hydrogen) atoms. The normalized spacial score (nSPS) is 17.4. The summed E-state index contributed by atoms with van der Waals surface area (Å²) in [5.74, 6) is 0. The van der Waals surface area contributed by atoms with Gasteiger partial charge in [0.15, 0.2) is 0 Å². The van der Waals surface area contributed by atoms with Gasteiger partial charge in [0.1, 0.15) is 0 Å². The molecule has 0 spiro atoms. The van der Waals surface area contributed by atoms with Crippen molar-refractivity contribution in [2.75, 3.05) is 7.05 Å². The smallest absolute Gasteiger partial charge is 0.219 e. The van der Waals surface area contributed by atoms with Crippen LogP contribution >= 0.6 is 0 Å². The molecular weight excluding hydrogens is 106 g/mol. The minimum Gasteiger partial charge on any atom is -0.391 e. The van der Waals surface area contributed by atoms with Crippen LogP contribution in [0.3, 0.4) is 0 Å². The van der Waals surface area contributed by atoms with Crippen molar-refractivity contribution in [1.82, 2.24) is 5.32 Å². The second-order valence-electron chi connectivity index (χ2n) is 1.62. The third kappa shape index (κ3) is 2.04. The molecule has 0 aromatic carbocycles. The van der Waals surface area contributed by atoms with Gasteiger partial charge in [-0.15, -0.1) is 0 Å². The molecule has 0 heterocycles. The molecule has 0 aromatic heterocycles. The van der Waals surface area contributed by atoms with Gasteiger partial charge in [-0.25, -0.2) is 0 Å². The number of nitrogens with one attached hydrogen (secondary N) is 1. The molecular formula is C5H10NO2. The first-order valence-corrected chi connectivity index (χ1v) is 2.45. The van der Waals surface area contributed by atoms with Gasteiger partial charge >= 0.3 is 0 Å². The molecule has 0 aromatic rings. The Hall–Kier alpha value is -0.410. The standard InChI is InChI=1S/C5H10NO2/c1-4(8)5(3-7)6-2/h4-6,8H,1-2H3/t4-,5-/m1/s1. The van der Waals surface area contributed by atoms with E-state index in [9.17, 15) is 4.79 Å². The van der Waals surface area contributed by atoms with Crippen molar-refractivity contribution in [3.8, 4) is 0 Å². The Kier molecular flexibility index (Phi) is 3.39. The number of rotatable bonds is 3. The van der Waals surface area contributed by atoms with Crippen LogP contribution in [0.25, 0.3) is 0 Å². The van der Waals surface area contributed by atoms with Crippen molar-refractivity contribution in [3.05, 3.63) is 0 Å². The molecule has 2 atom stereocenters. The molecule has 0 aliphatic carbocycles. The van der Waals surface area contributed by atoms with Crippen LogP contribution in [0.4, 0.5) is 0 Å². The van der Waals surface area contributed by atoms with Gasteiger partial charge in [-0.3, -0.25) is 4.79 Å². The van der Waals surface area contributed by atoms with Gasteiger partial charge in [-0.05, 0) is 14.0 Å². The van der Waals surface area contributed by atoms with Crippen molar-refractivity contribution < 1.29 is 9.90 Å². The van der Waals surface area contributed by atoms with Gasteiger partial charge in [0.2, 0.25) is 6.29 Å². The third-order valence-electron chi connectivity index (χ3n) is 0.920. The minimum atomic E-state index is -0.655. The van der Waals surface area contributed by atoms with Gasteiger partial charge in [0, 0.05) is 0 Å². The van der Waals surface area contributed by atoms with Crippen molar-refractivity contribution in [3.63, 3.8) is 0 Å². The molecule has 3 heteroatoms. The Morgan fingerprint density at radius 2 is 2.25 bits per heavy atom. The van der Waals surface area contributed by atoms with E-state index in [0.29, 0.717) is 0 Å². The second kappa shape index (κ2) is 3.57. The van der Waals surface area contributed by atoms with Gasteiger partial charge in [0.25, 0.3) is 0 Å². The van der Waals surface area contributed by atoms with E-state index in [1.807, 2.05) is 0 Å². The molecule has 3 nitrogen and oxygen atoms in total. The van der Waals surface area contributed by atoms with Crippen molar-refractivity contribution in [2.45, 2.75) is 19.1 Å². The predicted molar refractivity (Wildman–Crippen MR) is 30.2 cm³/mol. The van der Waals surface area contributed by atoms with E-state index >= 15 is 0 Å². The Morgan fingerprint density at radius 3 is 2.25 bits per heavy atom. The summed E-state index contributed by atoms with van der Waals surface area (Å²) in [4.78, 5) is 9.83. The van der Waals surface area contributed by atoms with Crippen LogP contribution in [0.15, 0.2) is 0 Å². The van der Waals surface area contributed by atoms with Crippen molar-refractivity contribution in [1.29, 1.82) is 0 Å². The van der Waals surface area contributed by atoms with Gasteiger partial charge in [-0.2, -0.15) is 0 Å². The summed E-state index contributed by atoms with van der Waals surface area (Å²) in [5.41, 5.74) is 0. The van der Waals surface area contributed by atoms with Crippen LogP contribution in [0, 0.1) is 0 Å². The Labute approximate surface area is 48.7 Å². The number of carbonyl (C=O) groups excluding carboxylic acids is 1. The zero-order valence-corrected chi connectivity index (χ0v) is 5.01. The molecule has 0 saturated carbocycles. The number of likely N-dealkylation sites (N-methyl/N-ethyl adjacent to an activating group) is 1. The first kappa shape index (κ1) is 7.59. The van der Waals surface area contributed by atoms with E-state index in [4.69, 9.17) is 5.11 Å². The maximum Gasteiger partial charge on any atom is 0.219 e. The molecule has 0 aliphatic heterocycles. The fourth-order valence-corrected chi connectivity index (χ4v) is 0.399. The number of aliphatic hydroxyl groups is 1. The number of aliphatic hydroxyl groups excluding tert-OH is 1. The lowest BCUT2D eigenvalue weighted by Gasteiger charge is -2.09. The molecule has 0 bridgehead atoms. The monoisotopic (exact) mass is 116 g/mol. The summed E-state index contributed by atoms with van der Waals surface area (Å²) in [6, 6.07) is -0.546. The van der Waals surface area contributed by atoms with E-state index in [-0.39, 0.29) is 0 Å². The largest absolute Gasteiger partial charge is 0.391 e. The van der Waals surface area contributed by atoms with E-state index in [2.05, 4.69) is 5.32 Å². The number of hydrogen-bond acceptors (Lipinski definition) is 3. The molecule has 0 fully saturated rings. The van der Waals surface area contributed by atoms with Crippen LogP contribution in [0.2, 0.25) is 0 Å². The highest BCUT2D eigenvalue weighted by molar-refractivity contribution is 5.59. The zero-order valence-electron chi connectivity index (χ0n) is 5.01. The molecule has 1 radical (unpaired) electrons. The second-order valence-corrected chi connectivity index (χ2v) is 1.62. The van der Waals surface area contributed by atoms with Crippen LogP contribution in [-0.4, -0.2) is 30.6 Å². The summed E-state index contributed by atoms with van der Waals surface area (Å²) >= 11 is 0. The van der Waals surface area contributed by atoms with Crippen molar-refractivity contribution in [2.24, 2.45) is 0 Å². The molecule has 0 amide bonds. The third-order valence-corrected chi connectivity index (χ3v) is 0.920. The highest BCUT2D eigenvalue weighted by Crippen LogP contribution is 1.84. The molecule has 0 saturated heterocycles. The summed E-state index contributed by atoms with van der Waals surface area (Å²) in [5, 5.41) is 11.3. The summed E-state index contributed by atoms with van der Waals surface area (Å²) < 4.78 is 0. The molecule has 0 rings (SSSR count). The highest BCUT2D eigenvalue weighted by Gasteiger charge is 2.10.